The number of hydrogen-bond donors (Lipinski definition) is 0. The van der Waals surface area contributed by atoms with E-state index in [9.17, 15) is 4.79 Å². The molecule has 7 heteroatoms. The number of hydrogen-bond acceptors (Lipinski definition) is 7. The van der Waals surface area contributed by atoms with E-state index in [0.717, 1.165) is 0 Å². The molecule has 0 bridgehead atoms. The Hall–Kier alpha value is -6.99. The standard InChI is InChI=1S/C44H30O7/c45-44-37(35-28-16-17-29-36(35)51-44)38-39(46-30-18-6-1-7-19-30)41(48-32-22-10-3-11-23-32)43(50-34-26-14-5-15-27-34)42(49-33-24-12-4-13-25-33)40(38)47-31-20-8-2-9-21-31/h1-29,37H. The minimum atomic E-state index is -0.999. The summed E-state index contributed by atoms with van der Waals surface area (Å²) in [5.41, 5.74) is 0.960. The van der Waals surface area contributed by atoms with Gasteiger partial charge in [0, 0.05) is 5.56 Å². The van der Waals surface area contributed by atoms with Gasteiger partial charge in [-0.25, -0.2) is 0 Å². The van der Waals surface area contributed by atoms with Crippen LogP contribution in [0.3, 0.4) is 0 Å². The largest absolute Gasteiger partial charge is 0.453 e. The van der Waals surface area contributed by atoms with Crippen molar-refractivity contribution in [3.63, 3.8) is 0 Å². The molecule has 1 aliphatic rings. The smallest absolute Gasteiger partial charge is 0.323 e. The molecule has 0 aromatic heterocycles. The molecule has 7 nitrogen and oxygen atoms in total. The second kappa shape index (κ2) is 14.2. The van der Waals surface area contributed by atoms with Crippen LogP contribution in [0.4, 0.5) is 0 Å². The number of rotatable bonds is 11. The number of ether oxygens (including phenoxy) is 6. The first-order chi connectivity index (χ1) is 25.2. The predicted molar refractivity (Wildman–Crippen MR) is 193 cm³/mol. The SMILES string of the molecule is O=C1Oc2ccccc2C1c1c(Oc2ccccc2)c(Oc2ccccc2)c(Oc2ccccc2)c(Oc2ccccc2)c1Oc1ccccc1. The van der Waals surface area contributed by atoms with E-state index in [2.05, 4.69) is 0 Å². The summed E-state index contributed by atoms with van der Waals surface area (Å²) in [6.45, 7) is 0. The minimum absolute atomic E-state index is 0.160. The fraction of sp³-hybridized carbons (Fsp3) is 0.0227. The van der Waals surface area contributed by atoms with Crippen molar-refractivity contribution in [2.75, 3.05) is 0 Å². The van der Waals surface area contributed by atoms with E-state index < -0.39 is 11.9 Å². The summed E-state index contributed by atoms with van der Waals surface area (Å²) >= 11 is 0. The number of para-hydroxylation sites is 6. The van der Waals surface area contributed by atoms with Crippen LogP contribution in [-0.4, -0.2) is 5.97 Å². The molecule has 0 amide bonds. The van der Waals surface area contributed by atoms with Crippen LogP contribution in [0.5, 0.6) is 63.2 Å². The van der Waals surface area contributed by atoms with Crippen LogP contribution in [0, 0.1) is 0 Å². The molecule has 248 valence electrons. The van der Waals surface area contributed by atoms with Crippen LogP contribution >= 0.6 is 0 Å². The van der Waals surface area contributed by atoms with Crippen LogP contribution in [0.25, 0.3) is 0 Å². The third-order valence-corrected chi connectivity index (χ3v) is 8.09. The number of esters is 1. The minimum Gasteiger partial charge on any atom is -0.453 e. The highest BCUT2D eigenvalue weighted by Gasteiger charge is 2.44. The maximum absolute atomic E-state index is 14.1. The van der Waals surface area contributed by atoms with Crippen molar-refractivity contribution in [2.24, 2.45) is 0 Å². The van der Waals surface area contributed by atoms with Gasteiger partial charge in [-0.05, 0) is 66.7 Å². The van der Waals surface area contributed by atoms with Crippen molar-refractivity contribution in [2.45, 2.75) is 5.92 Å². The molecule has 1 heterocycles. The molecule has 0 radical (unpaired) electrons. The zero-order chi connectivity index (χ0) is 34.4. The van der Waals surface area contributed by atoms with E-state index in [-0.39, 0.29) is 28.7 Å². The van der Waals surface area contributed by atoms with Crippen molar-refractivity contribution in [1.29, 1.82) is 0 Å². The summed E-state index contributed by atoms with van der Waals surface area (Å²) in [6.07, 6.45) is 0. The third-order valence-electron chi connectivity index (χ3n) is 8.09. The third kappa shape index (κ3) is 6.69. The molecule has 1 aliphatic heterocycles. The summed E-state index contributed by atoms with van der Waals surface area (Å²) in [4.78, 5) is 14.1. The lowest BCUT2D eigenvalue weighted by Gasteiger charge is -2.27. The number of fused-ring (bicyclic) bond motifs is 1. The number of carbonyl (C=O) groups is 1. The molecule has 0 aliphatic carbocycles. The average molecular weight is 671 g/mol. The monoisotopic (exact) mass is 670 g/mol. The molecule has 51 heavy (non-hydrogen) atoms. The first kappa shape index (κ1) is 31.3. The Kier molecular flexibility index (Phi) is 8.74. The Morgan fingerprint density at radius 1 is 0.353 bits per heavy atom. The normalized spacial score (nSPS) is 13.1. The first-order valence-electron chi connectivity index (χ1n) is 16.4. The molecule has 8 rings (SSSR count). The van der Waals surface area contributed by atoms with Gasteiger partial charge in [-0.15, -0.1) is 0 Å². The van der Waals surface area contributed by atoms with Crippen LogP contribution in [0.15, 0.2) is 176 Å². The van der Waals surface area contributed by atoms with Crippen molar-refractivity contribution in [1.82, 2.24) is 0 Å². The summed E-state index contributed by atoms with van der Waals surface area (Å²) in [6, 6.07) is 53.6. The maximum Gasteiger partial charge on any atom is 0.323 e. The van der Waals surface area contributed by atoms with Gasteiger partial charge >= 0.3 is 5.97 Å². The fourth-order valence-electron chi connectivity index (χ4n) is 5.81. The fourth-order valence-corrected chi connectivity index (χ4v) is 5.81. The Morgan fingerprint density at radius 2 is 0.647 bits per heavy atom. The van der Waals surface area contributed by atoms with Gasteiger partial charge in [0.15, 0.2) is 11.5 Å². The molecule has 1 atom stereocenters. The molecule has 1 unspecified atom stereocenters. The first-order valence-corrected chi connectivity index (χ1v) is 16.4. The van der Waals surface area contributed by atoms with E-state index in [1.165, 1.54) is 0 Å². The lowest BCUT2D eigenvalue weighted by atomic mass is 9.90. The highest BCUT2D eigenvalue weighted by molar-refractivity contribution is 5.93. The van der Waals surface area contributed by atoms with Crippen LogP contribution in [-0.2, 0) is 4.79 Å². The Bertz CT molecular complexity index is 2150. The van der Waals surface area contributed by atoms with Crippen molar-refractivity contribution in [3.8, 4) is 63.2 Å². The van der Waals surface area contributed by atoms with Crippen molar-refractivity contribution in [3.05, 3.63) is 187 Å². The summed E-state index contributed by atoms with van der Waals surface area (Å²) < 4.78 is 39.7. The van der Waals surface area contributed by atoms with Crippen molar-refractivity contribution >= 4 is 5.97 Å². The molecule has 0 spiro atoms. The molecule has 0 fully saturated rings. The summed E-state index contributed by atoms with van der Waals surface area (Å²) in [5, 5.41) is 0. The highest BCUT2D eigenvalue weighted by Crippen LogP contribution is 2.62. The second-order valence-corrected chi connectivity index (χ2v) is 11.5. The zero-order valence-electron chi connectivity index (χ0n) is 27.2. The van der Waals surface area contributed by atoms with Gasteiger partial charge in [-0.1, -0.05) is 109 Å². The lowest BCUT2D eigenvalue weighted by molar-refractivity contribution is -0.133. The Labute approximate surface area is 294 Å². The second-order valence-electron chi connectivity index (χ2n) is 11.5. The van der Waals surface area contributed by atoms with E-state index in [1.54, 1.807) is 6.07 Å². The summed E-state index contributed by atoms with van der Waals surface area (Å²) in [5.74, 6) is 2.24. The lowest BCUT2D eigenvalue weighted by Crippen LogP contribution is -2.15. The van der Waals surface area contributed by atoms with E-state index >= 15 is 0 Å². The zero-order valence-corrected chi connectivity index (χ0v) is 27.2. The topological polar surface area (TPSA) is 72.5 Å². The quantitative estimate of drug-likeness (QED) is 0.100. The van der Waals surface area contributed by atoms with Crippen LogP contribution in [0.2, 0.25) is 0 Å². The molecule has 0 N–H and O–H groups in total. The van der Waals surface area contributed by atoms with E-state index in [0.29, 0.717) is 45.6 Å². The molecular formula is C44H30O7. The van der Waals surface area contributed by atoms with Gasteiger partial charge in [0.1, 0.15) is 40.4 Å². The van der Waals surface area contributed by atoms with Gasteiger partial charge in [0.05, 0.1) is 5.56 Å². The Morgan fingerprint density at radius 3 is 1.02 bits per heavy atom. The van der Waals surface area contributed by atoms with Gasteiger partial charge in [0.25, 0.3) is 0 Å². The predicted octanol–water partition coefficient (Wildman–Crippen LogP) is 11.7. The van der Waals surface area contributed by atoms with E-state index in [4.69, 9.17) is 28.4 Å². The van der Waals surface area contributed by atoms with Crippen LogP contribution in [0.1, 0.15) is 17.0 Å². The van der Waals surface area contributed by atoms with Gasteiger partial charge in [-0.2, -0.15) is 0 Å². The van der Waals surface area contributed by atoms with Gasteiger partial charge in [0.2, 0.25) is 17.2 Å². The van der Waals surface area contributed by atoms with E-state index in [1.807, 2.05) is 170 Å². The summed E-state index contributed by atoms with van der Waals surface area (Å²) in [7, 11) is 0. The average Bonchev–Trinajstić information content (AvgIpc) is 3.51. The van der Waals surface area contributed by atoms with Gasteiger partial charge < -0.3 is 28.4 Å². The molecule has 0 saturated heterocycles. The number of carbonyl (C=O) groups excluding carboxylic acids is 1. The molecular weight excluding hydrogens is 640 g/mol. The number of benzene rings is 7. The Balaban J connectivity index is 1.50. The molecule has 0 saturated carbocycles. The van der Waals surface area contributed by atoms with Gasteiger partial charge in [-0.3, -0.25) is 4.79 Å². The van der Waals surface area contributed by atoms with Crippen molar-refractivity contribution < 1.29 is 33.2 Å². The maximum atomic E-state index is 14.1. The highest BCUT2D eigenvalue weighted by atomic mass is 16.6. The molecule has 7 aromatic rings. The van der Waals surface area contributed by atoms with Crippen LogP contribution < -0.4 is 28.4 Å². The molecule has 7 aromatic carbocycles.